The molecule has 0 radical (unpaired) electrons. The van der Waals surface area contributed by atoms with Gasteiger partial charge in [0.15, 0.2) is 0 Å². The molecule has 0 bridgehead atoms. The molecule has 114 valence electrons. The van der Waals surface area contributed by atoms with Crippen LogP contribution >= 0.6 is 0 Å². The van der Waals surface area contributed by atoms with Gasteiger partial charge in [-0.1, -0.05) is 0 Å². The maximum atomic E-state index is 12.1. The lowest BCUT2D eigenvalue weighted by Gasteiger charge is -2.11. The zero-order valence-electron chi connectivity index (χ0n) is 12.6. The second kappa shape index (κ2) is 6.70. The van der Waals surface area contributed by atoms with E-state index in [9.17, 15) is 4.79 Å². The van der Waals surface area contributed by atoms with Gasteiger partial charge in [-0.25, -0.2) is 0 Å². The number of ether oxygens (including phenoxy) is 1. The Kier molecular flexibility index (Phi) is 4.29. The number of nitrogens with zero attached hydrogens (tertiary/aromatic N) is 2. The number of amides is 1. The van der Waals surface area contributed by atoms with Crippen LogP contribution in [0.25, 0.3) is 0 Å². The fourth-order valence-corrected chi connectivity index (χ4v) is 2.08. The van der Waals surface area contributed by atoms with Crippen molar-refractivity contribution in [3.8, 4) is 11.5 Å². The van der Waals surface area contributed by atoms with Crippen molar-refractivity contribution in [1.29, 1.82) is 0 Å². The third-order valence-corrected chi connectivity index (χ3v) is 3.23. The molecule has 23 heavy (non-hydrogen) atoms. The third kappa shape index (κ3) is 3.71. The number of anilines is 1. The minimum Gasteiger partial charge on any atom is -0.457 e. The van der Waals surface area contributed by atoms with Gasteiger partial charge in [0.2, 0.25) is 0 Å². The fourth-order valence-electron chi connectivity index (χ4n) is 2.08. The molecule has 1 N–H and O–H groups in total. The Morgan fingerprint density at radius 1 is 1.04 bits per heavy atom. The first-order valence-corrected chi connectivity index (χ1v) is 7.12. The lowest BCUT2D eigenvalue weighted by atomic mass is 10.2. The van der Waals surface area contributed by atoms with Gasteiger partial charge >= 0.3 is 0 Å². The Morgan fingerprint density at radius 3 is 2.57 bits per heavy atom. The molecule has 0 aliphatic heterocycles. The summed E-state index contributed by atoms with van der Waals surface area (Å²) in [6, 6.07) is 12.5. The van der Waals surface area contributed by atoms with Gasteiger partial charge in [0, 0.05) is 30.5 Å². The number of rotatable bonds is 4. The molecule has 3 rings (SSSR count). The van der Waals surface area contributed by atoms with Crippen molar-refractivity contribution in [3.05, 3.63) is 78.4 Å². The number of pyridine rings is 2. The van der Waals surface area contributed by atoms with Crippen LogP contribution in [-0.4, -0.2) is 15.9 Å². The van der Waals surface area contributed by atoms with Gasteiger partial charge in [-0.2, -0.15) is 0 Å². The summed E-state index contributed by atoms with van der Waals surface area (Å²) < 4.78 is 5.79. The molecule has 0 saturated heterocycles. The van der Waals surface area contributed by atoms with Crippen molar-refractivity contribution in [3.63, 3.8) is 0 Å². The van der Waals surface area contributed by atoms with Crippen molar-refractivity contribution in [2.24, 2.45) is 0 Å². The van der Waals surface area contributed by atoms with Crippen molar-refractivity contribution in [2.75, 3.05) is 5.32 Å². The standard InChI is InChI=1S/C18H15N3O2/c1-13-11-15(21-18(22)14-3-2-8-20-12-14)4-5-17(13)23-16-6-9-19-10-7-16/h2-12H,1H3,(H,21,22). The van der Waals surface area contributed by atoms with Crippen LogP contribution in [0.15, 0.2) is 67.3 Å². The van der Waals surface area contributed by atoms with Gasteiger partial charge in [-0.3, -0.25) is 14.8 Å². The smallest absolute Gasteiger partial charge is 0.257 e. The van der Waals surface area contributed by atoms with Crippen LogP contribution < -0.4 is 10.1 Å². The summed E-state index contributed by atoms with van der Waals surface area (Å²) in [6.45, 7) is 1.93. The van der Waals surface area contributed by atoms with Crippen LogP contribution in [0.4, 0.5) is 5.69 Å². The number of aryl methyl sites for hydroxylation is 1. The van der Waals surface area contributed by atoms with E-state index < -0.39 is 0 Å². The van der Waals surface area contributed by atoms with Gasteiger partial charge in [0.05, 0.1) is 5.56 Å². The number of hydrogen-bond acceptors (Lipinski definition) is 4. The first-order chi connectivity index (χ1) is 11.2. The molecule has 2 aromatic heterocycles. The Bertz CT molecular complexity index is 805. The van der Waals surface area contributed by atoms with E-state index in [1.807, 2.05) is 19.1 Å². The summed E-state index contributed by atoms with van der Waals surface area (Å²) >= 11 is 0. The zero-order chi connectivity index (χ0) is 16.1. The predicted octanol–water partition coefficient (Wildman–Crippen LogP) is 3.83. The van der Waals surface area contributed by atoms with E-state index in [4.69, 9.17) is 4.74 Å². The largest absolute Gasteiger partial charge is 0.457 e. The molecule has 2 heterocycles. The summed E-state index contributed by atoms with van der Waals surface area (Å²) in [6.07, 6.45) is 6.51. The van der Waals surface area contributed by atoms with E-state index in [1.165, 1.54) is 6.20 Å². The molecule has 3 aromatic rings. The number of hydrogen-bond donors (Lipinski definition) is 1. The maximum Gasteiger partial charge on any atom is 0.257 e. The van der Waals surface area contributed by atoms with E-state index in [0.29, 0.717) is 11.3 Å². The SMILES string of the molecule is Cc1cc(NC(=O)c2cccnc2)ccc1Oc1ccncc1. The molecular weight excluding hydrogens is 290 g/mol. The first kappa shape index (κ1) is 14.7. The van der Waals surface area contributed by atoms with Crippen LogP contribution in [0.2, 0.25) is 0 Å². The highest BCUT2D eigenvalue weighted by Gasteiger charge is 2.08. The maximum absolute atomic E-state index is 12.1. The molecule has 1 amide bonds. The highest BCUT2D eigenvalue weighted by Crippen LogP contribution is 2.27. The minimum atomic E-state index is -0.194. The molecule has 0 fully saturated rings. The second-order valence-corrected chi connectivity index (χ2v) is 4.96. The van der Waals surface area contributed by atoms with Gasteiger partial charge in [0.1, 0.15) is 11.5 Å². The highest BCUT2D eigenvalue weighted by atomic mass is 16.5. The van der Waals surface area contributed by atoms with E-state index in [1.54, 1.807) is 48.9 Å². The molecule has 0 unspecified atom stereocenters. The van der Waals surface area contributed by atoms with Crippen molar-refractivity contribution >= 4 is 11.6 Å². The lowest BCUT2D eigenvalue weighted by molar-refractivity contribution is 0.102. The number of benzene rings is 1. The molecule has 1 aromatic carbocycles. The quantitative estimate of drug-likeness (QED) is 0.795. The van der Waals surface area contributed by atoms with Crippen LogP contribution in [0, 0.1) is 6.92 Å². The molecule has 5 heteroatoms. The van der Waals surface area contributed by atoms with Crippen LogP contribution in [0.1, 0.15) is 15.9 Å². The number of aromatic nitrogens is 2. The molecule has 0 atom stereocenters. The Labute approximate surface area is 134 Å². The molecule has 5 nitrogen and oxygen atoms in total. The number of carbonyl (C=O) groups excluding carboxylic acids is 1. The average molecular weight is 305 g/mol. The summed E-state index contributed by atoms with van der Waals surface area (Å²) in [4.78, 5) is 20.0. The monoisotopic (exact) mass is 305 g/mol. The highest BCUT2D eigenvalue weighted by molar-refractivity contribution is 6.04. The van der Waals surface area contributed by atoms with Gasteiger partial charge in [-0.05, 0) is 55.0 Å². The minimum absolute atomic E-state index is 0.194. The van der Waals surface area contributed by atoms with Crippen LogP contribution in [0.5, 0.6) is 11.5 Å². The van der Waals surface area contributed by atoms with E-state index in [0.717, 1.165) is 17.1 Å². The molecule has 0 saturated carbocycles. The summed E-state index contributed by atoms with van der Waals surface area (Å²) in [5, 5.41) is 2.85. The van der Waals surface area contributed by atoms with Crippen LogP contribution in [-0.2, 0) is 0 Å². The fraction of sp³-hybridized carbons (Fsp3) is 0.0556. The van der Waals surface area contributed by atoms with Crippen molar-refractivity contribution in [2.45, 2.75) is 6.92 Å². The van der Waals surface area contributed by atoms with Crippen molar-refractivity contribution in [1.82, 2.24) is 9.97 Å². The molecule has 0 spiro atoms. The van der Waals surface area contributed by atoms with Crippen LogP contribution in [0.3, 0.4) is 0 Å². The average Bonchev–Trinajstić information content (AvgIpc) is 2.59. The second-order valence-electron chi connectivity index (χ2n) is 4.96. The van der Waals surface area contributed by atoms with E-state index in [-0.39, 0.29) is 5.91 Å². The Hall–Kier alpha value is -3.21. The predicted molar refractivity (Wildman–Crippen MR) is 87.7 cm³/mol. The number of nitrogens with one attached hydrogen (secondary N) is 1. The molecular formula is C18H15N3O2. The number of carbonyl (C=O) groups is 1. The third-order valence-electron chi connectivity index (χ3n) is 3.23. The van der Waals surface area contributed by atoms with Gasteiger partial charge in [-0.15, -0.1) is 0 Å². The molecule has 0 aliphatic rings. The van der Waals surface area contributed by atoms with E-state index >= 15 is 0 Å². The van der Waals surface area contributed by atoms with Gasteiger partial charge < -0.3 is 10.1 Å². The topological polar surface area (TPSA) is 64.1 Å². The normalized spacial score (nSPS) is 10.1. The summed E-state index contributed by atoms with van der Waals surface area (Å²) in [7, 11) is 0. The van der Waals surface area contributed by atoms with E-state index in [2.05, 4.69) is 15.3 Å². The zero-order valence-corrected chi connectivity index (χ0v) is 12.6. The van der Waals surface area contributed by atoms with Crippen molar-refractivity contribution < 1.29 is 9.53 Å². The first-order valence-electron chi connectivity index (χ1n) is 7.12. The summed E-state index contributed by atoms with van der Waals surface area (Å²) in [5.74, 6) is 1.26. The Balaban J connectivity index is 1.73. The summed E-state index contributed by atoms with van der Waals surface area (Å²) in [5.41, 5.74) is 2.14. The Morgan fingerprint density at radius 2 is 1.87 bits per heavy atom. The molecule has 0 aliphatic carbocycles. The lowest BCUT2D eigenvalue weighted by Crippen LogP contribution is -2.12. The van der Waals surface area contributed by atoms with Gasteiger partial charge in [0.25, 0.3) is 5.91 Å².